The maximum absolute atomic E-state index is 11.7. The second-order valence-electron chi connectivity index (χ2n) is 3.46. The molecule has 5 nitrogen and oxygen atoms in total. The van der Waals surface area contributed by atoms with Gasteiger partial charge < -0.3 is 5.32 Å². The van der Waals surface area contributed by atoms with E-state index in [1.807, 2.05) is 0 Å². The molecule has 0 fully saturated rings. The molecule has 2 N–H and O–H groups in total. The molecule has 0 spiro atoms. The number of carbonyl (C=O) groups excluding carboxylic acids is 1. The Morgan fingerprint density at radius 3 is 2.85 bits per heavy atom. The first-order valence-corrected chi connectivity index (χ1v) is 7.54. The summed E-state index contributed by atoms with van der Waals surface area (Å²) in [5.41, 5.74) is 0.637. The lowest BCUT2D eigenvalue weighted by atomic mass is 10.3. The van der Waals surface area contributed by atoms with Crippen molar-refractivity contribution in [1.82, 2.24) is 9.36 Å². The Labute approximate surface area is 129 Å². The molecule has 8 heteroatoms. The van der Waals surface area contributed by atoms with E-state index in [0.717, 1.165) is 11.5 Å². The molecule has 0 aliphatic carbocycles. The quantitative estimate of drug-likeness (QED) is 0.666. The summed E-state index contributed by atoms with van der Waals surface area (Å²) < 4.78 is 4.06. The first kappa shape index (κ1) is 14.7. The van der Waals surface area contributed by atoms with Crippen molar-refractivity contribution in [2.75, 3.05) is 16.4 Å². The van der Waals surface area contributed by atoms with Crippen LogP contribution in [0.4, 0.5) is 15.6 Å². The zero-order valence-electron chi connectivity index (χ0n) is 10.1. The van der Waals surface area contributed by atoms with Gasteiger partial charge in [-0.25, -0.2) is 4.79 Å². The number of nitrogens with one attached hydrogen (secondary N) is 2. The maximum Gasteiger partial charge on any atom is 0.325 e. The standard InChI is InChI=1S/C12H9ClN4OS2/c1-2-7-19-12-16-11(20-17-12)15-10(18)14-9-5-3-8(13)4-6-9/h1,3-6H,7H2,(H2,14,15,16,17,18). The third kappa shape index (κ3) is 4.42. The van der Waals surface area contributed by atoms with E-state index in [1.165, 1.54) is 11.8 Å². The van der Waals surface area contributed by atoms with E-state index >= 15 is 0 Å². The molecule has 2 rings (SSSR count). The van der Waals surface area contributed by atoms with Crippen LogP contribution >= 0.6 is 34.9 Å². The van der Waals surface area contributed by atoms with E-state index in [0.29, 0.717) is 26.8 Å². The number of benzene rings is 1. The normalized spacial score (nSPS) is 9.80. The zero-order chi connectivity index (χ0) is 14.4. The third-order valence-corrected chi connectivity index (χ3v) is 3.76. The van der Waals surface area contributed by atoms with Crippen LogP contribution in [0.25, 0.3) is 0 Å². The maximum atomic E-state index is 11.7. The van der Waals surface area contributed by atoms with Gasteiger partial charge in [0.1, 0.15) is 0 Å². The average Bonchev–Trinajstić information content (AvgIpc) is 2.86. The zero-order valence-corrected chi connectivity index (χ0v) is 12.5. The van der Waals surface area contributed by atoms with E-state index in [4.69, 9.17) is 18.0 Å². The molecule has 102 valence electrons. The number of thioether (sulfide) groups is 1. The average molecular weight is 325 g/mol. The highest BCUT2D eigenvalue weighted by molar-refractivity contribution is 7.99. The van der Waals surface area contributed by atoms with Crippen LogP contribution in [0.2, 0.25) is 5.02 Å². The first-order chi connectivity index (χ1) is 9.67. The van der Waals surface area contributed by atoms with Gasteiger partial charge in [0.15, 0.2) is 0 Å². The van der Waals surface area contributed by atoms with Gasteiger partial charge in [0.05, 0.1) is 5.75 Å². The van der Waals surface area contributed by atoms with Crippen LogP contribution < -0.4 is 10.6 Å². The fraction of sp³-hybridized carbons (Fsp3) is 0.0833. The molecular formula is C12H9ClN4OS2. The van der Waals surface area contributed by atoms with Gasteiger partial charge >= 0.3 is 6.03 Å². The van der Waals surface area contributed by atoms with Gasteiger partial charge in [-0.05, 0) is 24.3 Å². The van der Waals surface area contributed by atoms with Crippen molar-refractivity contribution in [3.05, 3.63) is 29.3 Å². The minimum absolute atomic E-state index is 0.392. The number of amides is 2. The van der Waals surface area contributed by atoms with E-state index in [9.17, 15) is 4.79 Å². The second kappa shape index (κ2) is 7.14. The number of rotatable bonds is 4. The number of urea groups is 1. The Morgan fingerprint density at radius 1 is 1.40 bits per heavy atom. The summed E-state index contributed by atoms with van der Waals surface area (Å²) in [4.78, 5) is 15.9. The van der Waals surface area contributed by atoms with Crippen LogP contribution in [0.15, 0.2) is 29.4 Å². The number of nitrogens with zero attached hydrogens (tertiary/aromatic N) is 2. The third-order valence-electron chi connectivity index (χ3n) is 2.01. The number of aromatic nitrogens is 2. The lowest BCUT2D eigenvalue weighted by molar-refractivity contribution is 0.262. The number of carbonyl (C=O) groups is 1. The molecule has 0 aliphatic heterocycles. The van der Waals surface area contributed by atoms with Gasteiger partial charge in [-0.3, -0.25) is 5.32 Å². The van der Waals surface area contributed by atoms with Crippen molar-refractivity contribution in [3.8, 4) is 12.3 Å². The van der Waals surface area contributed by atoms with Crippen molar-refractivity contribution in [2.45, 2.75) is 5.16 Å². The molecular weight excluding hydrogens is 316 g/mol. The van der Waals surface area contributed by atoms with Crippen molar-refractivity contribution < 1.29 is 4.79 Å². The minimum Gasteiger partial charge on any atom is -0.308 e. The van der Waals surface area contributed by atoms with Crippen molar-refractivity contribution in [3.63, 3.8) is 0 Å². The lowest BCUT2D eigenvalue weighted by Crippen LogP contribution is -2.19. The molecule has 2 amide bonds. The van der Waals surface area contributed by atoms with Crippen LogP contribution in [0.1, 0.15) is 0 Å². The summed E-state index contributed by atoms with van der Waals surface area (Å²) in [7, 11) is 0. The van der Waals surface area contributed by atoms with Crippen LogP contribution in [-0.2, 0) is 0 Å². The fourth-order valence-corrected chi connectivity index (χ4v) is 2.56. The van der Waals surface area contributed by atoms with Crippen LogP contribution in [0.5, 0.6) is 0 Å². The molecule has 0 aliphatic rings. The largest absolute Gasteiger partial charge is 0.325 e. The number of hydrogen-bond acceptors (Lipinski definition) is 5. The smallest absolute Gasteiger partial charge is 0.308 e. The molecule has 2 aromatic rings. The molecule has 1 heterocycles. The number of anilines is 2. The molecule has 0 saturated heterocycles. The number of halogens is 1. The molecule has 20 heavy (non-hydrogen) atoms. The molecule has 0 saturated carbocycles. The number of hydrogen-bond donors (Lipinski definition) is 2. The Balaban J connectivity index is 1.89. The highest BCUT2D eigenvalue weighted by Crippen LogP contribution is 2.20. The highest BCUT2D eigenvalue weighted by atomic mass is 35.5. The molecule has 0 unspecified atom stereocenters. The van der Waals surface area contributed by atoms with Gasteiger partial charge in [0.25, 0.3) is 0 Å². The SMILES string of the molecule is C#CCSc1nsc(NC(=O)Nc2ccc(Cl)cc2)n1. The highest BCUT2D eigenvalue weighted by Gasteiger charge is 2.08. The second-order valence-corrected chi connectivity index (χ2v) is 5.59. The van der Waals surface area contributed by atoms with E-state index < -0.39 is 6.03 Å². The van der Waals surface area contributed by atoms with Gasteiger partial charge in [-0.2, -0.15) is 9.36 Å². The predicted molar refractivity (Wildman–Crippen MR) is 83.6 cm³/mol. The molecule has 0 bridgehead atoms. The molecule has 0 radical (unpaired) electrons. The monoisotopic (exact) mass is 324 g/mol. The summed E-state index contributed by atoms with van der Waals surface area (Å²) in [5, 5.41) is 6.83. The topological polar surface area (TPSA) is 66.9 Å². The van der Waals surface area contributed by atoms with Crippen LogP contribution in [-0.4, -0.2) is 21.1 Å². The minimum atomic E-state index is -0.392. The van der Waals surface area contributed by atoms with Crippen LogP contribution in [0, 0.1) is 12.3 Å². The Bertz CT molecular complexity index is 636. The summed E-state index contributed by atoms with van der Waals surface area (Å²) in [6.07, 6.45) is 5.15. The fourth-order valence-electron chi connectivity index (χ4n) is 1.22. The van der Waals surface area contributed by atoms with Crippen molar-refractivity contribution in [2.24, 2.45) is 0 Å². The van der Waals surface area contributed by atoms with Crippen LogP contribution in [0.3, 0.4) is 0 Å². The van der Waals surface area contributed by atoms with Crippen molar-refractivity contribution in [1.29, 1.82) is 0 Å². The van der Waals surface area contributed by atoms with Gasteiger partial charge in [-0.15, -0.1) is 6.42 Å². The lowest BCUT2D eigenvalue weighted by Gasteiger charge is -2.04. The summed E-state index contributed by atoms with van der Waals surface area (Å²) >= 11 is 8.20. The molecule has 1 aromatic carbocycles. The summed E-state index contributed by atoms with van der Waals surface area (Å²) in [5.74, 6) is 2.97. The van der Waals surface area contributed by atoms with E-state index in [1.54, 1.807) is 24.3 Å². The van der Waals surface area contributed by atoms with Gasteiger partial charge in [0.2, 0.25) is 10.3 Å². The first-order valence-electron chi connectivity index (χ1n) is 5.41. The summed E-state index contributed by atoms with van der Waals surface area (Å²) in [6.45, 7) is 0. The Kier molecular flexibility index (Phi) is 5.24. The molecule has 0 atom stereocenters. The molecule has 1 aromatic heterocycles. The van der Waals surface area contributed by atoms with E-state index in [-0.39, 0.29) is 0 Å². The van der Waals surface area contributed by atoms with Crippen molar-refractivity contribution >= 4 is 51.7 Å². The predicted octanol–water partition coefficient (Wildman–Crippen LogP) is 3.56. The number of terminal acetylenes is 1. The Hall–Kier alpha value is -1.75. The summed E-state index contributed by atoms with van der Waals surface area (Å²) in [6, 6.07) is 6.40. The van der Waals surface area contributed by atoms with Gasteiger partial charge in [-0.1, -0.05) is 29.3 Å². The van der Waals surface area contributed by atoms with E-state index in [2.05, 4.69) is 25.9 Å². The Morgan fingerprint density at radius 2 is 2.15 bits per heavy atom. The van der Waals surface area contributed by atoms with Gasteiger partial charge in [0, 0.05) is 22.2 Å².